The molecule has 5 aromatic carbocycles. The standard InChI is InChI=1S/C40H27N3/c1-2-11-31(12-3-1)40-39(42-38-15-7-9-23-43(38)40)30-19-16-29(17-20-30)34-25-35(27-36(26-34)37-14-6-8-22-41-37)33-21-18-28-10-4-5-13-32(28)24-33/h1-27H. The summed E-state index contributed by atoms with van der Waals surface area (Å²) in [6.07, 6.45) is 3.94. The molecule has 0 fully saturated rings. The molecule has 8 rings (SSSR count). The Labute approximate surface area is 250 Å². The molecular weight excluding hydrogens is 522 g/mol. The lowest BCUT2D eigenvalue weighted by Gasteiger charge is -2.12. The van der Waals surface area contributed by atoms with Gasteiger partial charge < -0.3 is 0 Å². The Kier molecular flexibility index (Phi) is 6.12. The third kappa shape index (κ3) is 4.67. The molecule has 0 aliphatic rings. The second-order valence-electron chi connectivity index (χ2n) is 10.8. The van der Waals surface area contributed by atoms with Crippen LogP contribution in [0.2, 0.25) is 0 Å². The highest BCUT2D eigenvalue weighted by Gasteiger charge is 2.16. The monoisotopic (exact) mass is 549 g/mol. The van der Waals surface area contributed by atoms with Crippen LogP contribution in [0.4, 0.5) is 0 Å². The van der Waals surface area contributed by atoms with E-state index in [1.807, 2.05) is 30.5 Å². The predicted octanol–water partition coefficient (Wildman–Crippen LogP) is 10.2. The molecular formula is C40H27N3. The topological polar surface area (TPSA) is 30.2 Å². The summed E-state index contributed by atoms with van der Waals surface area (Å²) in [7, 11) is 0. The molecule has 0 spiro atoms. The molecule has 3 nitrogen and oxygen atoms in total. The van der Waals surface area contributed by atoms with Crippen molar-refractivity contribution in [3.8, 4) is 56.0 Å². The molecule has 202 valence electrons. The third-order valence-corrected chi connectivity index (χ3v) is 8.05. The number of benzene rings is 5. The zero-order valence-corrected chi connectivity index (χ0v) is 23.4. The Balaban J connectivity index is 1.25. The van der Waals surface area contributed by atoms with E-state index in [1.165, 1.54) is 21.9 Å². The van der Waals surface area contributed by atoms with Gasteiger partial charge >= 0.3 is 0 Å². The zero-order valence-electron chi connectivity index (χ0n) is 23.4. The van der Waals surface area contributed by atoms with Crippen LogP contribution in [-0.4, -0.2) is 14.4 Å². The summed E-state index contributed by atoms with van der Waals surface area (Å²) in [5.74, 6) is 0. The number of nitrogens with zero attached hydrogens (tertiary/aromatic N) is 3. The predicted molar refractivity (Wildman–Crippen MR) is 178 cm³/mol. The summed E-state index contributed by atoms with van der Waals surface area (Å²) in [4.78, 5) is 9.72. The second-order valence-corrected chi connectivity index (χ2v) is 10.8. The lowest BCUT2D eigenvalue weighted by Crippen LogP contribution is -1.90. The fourth-order valence-corrected chi connectivity index (χ4v) is 5.90. The summed E-state index contributed by atoms with van der Waals surface area (Å²) in [6.45, 7) is 0. The normalized spacial score (nSPS) is 11.3. The van der Waals surface area contributed by atoms with Gasteiger partial charge in [-0.3, -0.25) is 9.38 Å². The molecule has 43 heavy (non-hydrogen) atoms. The molecule has 0 amide bonds. The first-order valence-electron chi connectivity index (χ1n) is 14.5. The number of imidazole rings is 1. The Morgan fingerprint density at radius 2 is 1.09 bits per heavy atom. The number of pyridine rings is 2. The first-order chi connectivity index (χ1) is 21.3. The van der Waals surface area contributed by atoms with Gasteiger partial charge in [0.15, 0.2) is 0 Å². The van der Waals surface area contributed by atoms with Gasteiger partial charge in [-0.2, -0.15) is 0 Å². The number of rotatable bonds is 5. The van der Waals surface area contributed by atoms with Crippen molar-refractivity contribution in [1.82, 2.24) is 14.4 Å². The average molecular weight is 550 g/mol. The van der Waals surface area contributed by atoms with Crippen molar-refractivity contribution in [3.05, 3.63) is 164 Å². The lowest BCUT2D eigenvalue weighted by molar-refractivity contribution is 1.19. The van der Waals surface area contributed by atoms with Crippen molar-refractivity contribution < 1.29 is 0 Å². The second kappa shape index (κ2) is 10.6. The molecule has 0 atom stereocenters. The maximum atomic E-state index is 5.05. The van der Waals surface area contributed by atoms with Gasteiger partial charge in [0, 0.05) is 29.1 Å². The molecule has 3 heteroatoms. The maximum absolute atomic E-state index is 5.05. The molecule has 0 aliphatic carbocycles. The van der Waals surface area contributed by atoms with Crippen LogP contribution in [-0.2, 0) is 0 Å². The Morgan fingerprint density at radius 1 is 0.419 bits per heavy atom. The largest absolute Gasteiger partial charge is 0.299 e. The first-order valence-corrected chi connectivity index (χ1v) is 14.5. The van der Waals surface area contributed by atoms with Crippen molar-refractivity contribution in [2.75, 3.05) is 0 Å². The van der Waals surface area contributed by atoms with Crippen LogP contribution in [0.5, 0.6) is 0 Å². The molecule has 0 bridgehead atoms. The van der Waals surface area contributed by atoms with Crippen LogP contribution in [0.15, 0.2) is 164 Å². The van der Waals surface area contributed by atoms with Crippen molar-refractivity contribution in [1.29, 1.82) is 0 Å². The molecule has 0 saturated heterocycles. The quantitative estimate of drug-likeness (QED) is 0.214. The first kappa shape index (κ1) is 25.0. The molecule has 3 heterocycles. The fraction of sp³-hybridized carbons (Fsp3) is 0. The van der Waals surface area contributed by atoms with Crippen LogP contribution in [0.25, 0.3) is 72.4 Å². The highest BCUT2D eigenvalue weighted by atomic mass is 15.0. The van der Waals surface area contributed by atoms with Gasteiger partial charge in [0.1, 0.15) is 5.65 Å². The molecule has 0 radical (unpaired) electrons. The van der Waals surface area contributed by atoms with Crippen LogP contribution < -0.4 is 0 Å². The van der Waals surface area contributed by atoms with E-state index in [9.17, 15) is 0 Å². The summed E-state index contributed by atoms with van der Waals surface area (Å²) >= 11 is 0. The molecule has 0 N–H and O–H groups in total. The highest BCUT2D eigenvalue weighted by Crippen LogP contribution is 2.36. The summed E-state index contributed by atoms with van der Waals surface area (Å²) in [5.41, 5.74) is 11.9. The van der Waals surface area contributed by atoms with E-state index >= 15 is 0 Å². The van der Waals surface area contributed by atoms with E-state index in [0.717, 1.165) is 50.5 Å². The van der Waals surface area contributed by atoms with Crippen molar-refractivity contribution in [2.24, 2.45) is 0 Å². The van der Waals surface area contributed by atoms with Gasteiger partial charge in [-0.25, -0.2) is 4.98 Å². The van der Waals surface area contributed by atoms with E-state index in [4.69, 9.17) is 4.98 Å². The van der Waals surface area contributed by atoms with Crippen molar-refractivity contribution in [2.45, 2.75) is 0 Å². The molecule has 0 aliphatic heterocycles. The van der Waals surface area contributed by atoms with E-state index < -0.39 is 0 Å². The van der Waals surface area contributed by atoms with Gasteiger partial charge in [0.05, 0.1) is 17.1 Å². The van der Waals surface area contributed by atoms with Gasteiger partial charge in [-0.15, -0.1) is 0 Å². The lowest BCUT2D eigenvalue weighted by atomic mass is 9.93. The molecule has 8 aromatic rings. The van der Waals surface area contributed by atoms with E-state index in [-0.39, 0.29) is 0 Å². The fourth-order valence-electron chi connectivity index (χ4n) is 5.90. The molecule has 0 unspecified atom stereocenters. The summed E-state index contributed by atoms with van der Waals surface area (Å²) in [6, 6.07) is 53.4. The highest BCUT2D eigenvalue weighted by molar-refractivity contribution is 5.89. The van der Waals surface area contributed by atoms with Crippen molar-refractivity contribution >= 4 is 16.4 Å². The number of aromatic nitrogens is 3. The van der Waals surface area contributed by atoms with Gasteiger partial charge in [0.2, 0.25) is 0 Å². The van der Waals surface area contributed by atoms with Crippen LogP contribution >= 0.6 is 0 Å². The van der Waals surface area contributed by atoms with Crippen LogP contribution in [0, 0.1) is 0 Å². The van der Waals surface area contributed by atoms with Crippen molar-refractivity contribution in [3.63, 3.8) is 0 Å². The van der Waals surface area contributed by atoms with Gasteiger partial charge in [0.25, 0.3) is 0 Å². The van der Waals surface area contributed by atoms with E-state index in [2.05, 4.69) is 143 Å². The van der Waals surface area contributed by atoms with E-state index in [0.29, 0.717) is 0 Å². The number of hydrogen-bond donors (Lipinski definition) is 0. The number of fused-ring (bicyclic) bond motifs is 2. The average Bonchev–Trinajstić information content (AvgIpc) is 3.48. The Hall–Kier alpha value is -5.80. The van der Waals surface area contributed by atoms with Gasteiger partial charge in [-0.05, 0) is 81.6 Å². The Morgan fingerprint density at radius 3 is 1.91 bits per heavy atom. The smallest absolute Gasteiger partial charge is 0.137 e. The van der Waals surface area contributed by atoms with Crippen LogP contribution in [0.1, 0.15) is 0 Å². The number of hydrogen-bond acceptors (Lipinski definition) is 2. The zero-order chi connectivity index (χ0) is 28.6. The van der Waals surface area contributed by atoms with E-state index in [1.54, 1.807) is 0 Å². The molecule has 0 saturated carbocycles. The third-order valence-electron chi connectivity index (χ3n) is 8.05. The minimum absolute atomic E-state index is 0.934. The minimum atomic E-state index is 0.934. The summed E-state index contributed by atoms with van der Waals surface area (Å²) < 4.78 is 2.17. The maximum Gasteiger partial charge on any atom is 0.137 e. The van der Waals surface area contributed by atoms with Gasteiger partial charge in [-0.1, -0.05) is 103 Å². The molecule has 3 aromatic heterocycles. The Bertz CT molecular complexity index is 2210. The SMILES string of the molecule is c1ccc(-c2c(-c3ccc(-c4cc(-c5ccc6ccccc6c5)cc(-c5ccccn5)c4)cc3)nc3ccccn23)cc1. The minimum Gasteiger partial charge on any atom is -0.299 e. The summed E-state index contributed by atoms with van der Waals surface area (Å²) in [5, 5.41) is 2.47. The van der Waals surface area contributed by atoms with Crippen LogP contribution in [0.3, 0.4) is 0 Å².